The smallest absolute Gasteiger partial charge is 0.122 e. The lowest BCUT2D eigenvalue weighted by Gasteiger charge is -2.26. The molecule has 3 heteroatoms. The molecular weight excluding hydrogens is 258 g/mol. The third-order valence-corrected chi connectivity index (χ3v) is 4.42. The second-order valence-corrected chi connectivity index (χ2v) is 6.26. The zero-order valence-corrected chi connectivity index (χ0v) is 12.9. The first-order valence-corrected chi connectivity index (χ1v) is 7.52. The first-order chi connectivity index (χ1) is 9.09. The first-order valence-electron chi connectivity index (χ1n) is 7.15. The van der Waals surface area contributed by atoms with E-state index in [4.69, 9.17) is 16.3 Å². The lowest BCUT2D eigenvalue weighted by molar-refractivity contribution is 0.346. The van der Waals surface area contributed by atoms with Crippen LogP contribution in [-0.2, 0) is 6.42 Å². The van der Waals surface area contributed by atoms with E-state index in [-0.39, 0.29) is 0 Å². The predicted octanol–water partition coefficient (Wildman–Crippen LogP) is 4.06. The molecule has 1 atom stereocenters. The van der Waals surface area contributed by atoms with Gasteiger partial charge in [0.25, 0.3) is 0 Å². The second kappa shape index (κ2) is 6.15. The summed E-state index contributed by atoms with van der Waals surface area (Å²) in [5, 5.41) is 4.48. The number of hydrogen-bond acceptors (Lipinski definition) is 2. The molecule has 2 nitrogen and oxygen atoms in total. The molecule has 0 saturated heterocycles. The van der Waals surface area contributed by atoms with Gasteiger partial charge in [0.1, 0.15) is 5.75 Å². The maximum absolute atomic E-state index is 6.12. The van der Waals surface area contributed by atoms with Crippen molar-refractivity contribution in [2.45, 2.75) is 45.6 Å². The highest BCUT2D eigenvalue weighted by Crippen LogP contribution is 2.49. The van der Waals surface area contributed by atoms with E-state index in [1.807, 2.05) is 18.2 Å². The van der Waals surface area contributed by atoms with Crippen molar-refractivity contribution in [1.29, 1.82) is 0 Å². The summed E-state index contributed by atoms with van der Waals surface area (Å²) in [6.45, 7) is 5.65. The van der Waals surface area contributed by atoms with Gasteiger partial charge in [-0.05, 0) is 61.4 Å². The number of ether oxygens (including phenoxy) is 1. The Morgan fingerprint density at radius 1 is 1.42 bits per heavy atom. The Labute approximate surface area is 121 Å². The number of hydrogen-bond donors (Lipinski definition) is 1. The molecule has 0 bridgehead atoms. The molecule has 0 amide bonds. The van der Waals surface area contributed by atoms with Crippen molar-refractivity contribution in [2.24, 2.45) is 5.41 Å². The summed E-state index contributed by atoms with van der Waals surface area (Å²) >= 11 is 6.12. The SMILES string of the molecule is CCCNC(Cc1cc(Cl)ccc1OC)C1(C)CC1. The Morgan fingerprint density at radius 3 is 2.74 bits per heavy atom. The van der Waals surface area contributed by atoms with Crippen LogP contribution in [0.1, 0.15) is 38.7 Å². The van der Waals surface area contributed by atoms with Gasteiger partial charge in [-0.1, -0.05) is 25.4 Å². The molecule has 1 aliphatic rings. The lowest BCUT2D eigenvalue weighted by atomic mass is 9.92. The average Bonchev–Trinajstić information content (AvgIpc) is 3.14. The van der Waals surface area contributed by atoms with Crippen LogP contribution in [0.2, 0.25) is 5.02 Å². The van der Waals surface area contributed by atoms with Crippen molar-refractivity contribution in [2.75, 3.05) is 13.7 Å². The molecule has 0 heterocycles. The molecule has 1 saturated carbocycles. The Morgan fingerprint density at radius 2 is 2.16 bits per heavy atom. The van der Waals surface area contributed by atoms with Crippen LogP contribution < -0.4 is 10.1 Å². The minimum absolute atomic E-state index is 0.447. The molecule has 1 fully saturated rings. The van der Waals surface area contributed by atoms with E-state index in [9.17, 15) is 0 Å². The van der Waals surface area contributed by atoms with E-state index in [1.54, 1.807) is 7.11 Å². The largest absolute Gasteiger partial charge is 0.496 e. The summed E-state index contributed by atoms with van der Waals surface area (Å²) in [5.74, 6) is 0.942. The van der Waals surface area contributed by atoms with E-state index in [1.165, 1.54) is 24.8 Å². The average molecular weight is 282 g/mol. The van der Waals surface area contributed by atoms with Crippen LogP contribution in [0.5, 0.6) is 5.75 Å². The van der Waals surface area contributed by atoms with Crippen LogP contribution in [0, 0.1) is 5.41 Å². The summed E-state index contributed by atoms with van der Waals surface area (Å²) in [6, 6.07) is 6.40. The van der Waals surface area contributed by atoms with Gasteiger partial charge < -0.3 is 10.1 Å². The summed E-state index contributed by atoms with van der Waals surface area (Å²) < 4.78 is 5.45. The fourth-order valence-corrected chi connectivity index (χ4v) is 2.75. The summed E-state index contributed by atoms with van der Waals surface area (Å²) in [7, 11) is 1.72. The Balaban J connectivity index is 2.14. The standard InChI is InChI=1S/C16H24ClNO/c1-4-9-18-15(16(2)7-8-16)11-12-10-13(17)5-6-14(12)19-3/h5-6,10,15,18H,4,7-9,11H2,1-3H3. The van der Waals surface area contributed by atoms with Gasteiger partial charge in [-0.15, -0.1) is 0 Å². The second-order valence-electron chi connectivity index (χ2n) is 5.82. The molecule has 19 heavy (non-hydrogen) atoms. The molecule has 0 spiro atoms. The van der Waals surface area contributed by atoms with Gasteiger partial charge in [0.05, 0.1) is 7.11 Å². The molecule has 2 rings (SSSR count). The molecule has 1 N–H and O–H groups in total. The highest BCUT2D eigenvalue weighted by atomic mass is 35.5. The molecule has 106 valence electrons. The van der Waals surface area contributed by atoms with Crippen LogP contribution >= 0.6 is 11.6 Å². The molecule has 0 aromatic heterocycles. The Hall–Kier alpha value is -0.730. The van der Waals surface area contributed by atoms with E-state index in [2.05, 4.69) is 19.2 Å². The summed E-state index contributed by atoms with van der Waals surface area (Å²) in [6.07, 6.45) is 4.79. The third kappa shape index (κ3) is 3.64. The van der Waals surface area contributed by atoms with Gasteiger partial charge in [0.2, 0.25) is 0 Å². The molecule has 1 aromatic carbocycles. The van der Waals surface area contributed by atoms with E-state index < -0.39 is 0 Å². The minimum atomic E-state index is 0.447. The van der Waals surface area contributed by atoms with Crippen LogP contribution in [0.15, 0.2) is 18.2 Å². The third-order valence-electron chi connectivity index (χ3n) is 4.19. The Bertz CT molecular complexity index is 429. The van der Waals surface area contributed by atoms with Gasteiger partial charge in [-0.25, -0.2) is 0 Å². The zero-order chi connectivity index (χ0) is 13.9. The van der Waals surface area contributed by atoms with Gasteiger partial charge >= 0.3 is 0 Å². The summed E-state index contributed by atoms with van der Waals surface area (Å²) in [5.41, 5.74) is 1.65. The monoisotopic (exact) mass is 281 g/mol. The highest BCUT2D eigenvalue weighted by molar-refractivity contribution is 6.30. The normalized spacial score (nSPS) is 18.1. The van der Waals surface area contributed by atoms with Crippen molar-refractivity contribution >= 4 is 11.6 Å². The van der Waals surface area contributed by atoms with Gasteiger partial charge in [-0.3, -0.25) is 0 Å². The van der Waals surface area contributed by atoms with Gasteiger partial charge in [0, 0.05) is 11.1 Å². The van der Waals surface area contributed by atoms with Crippen LogP contribution in [0.4, 0.5) is 0 Å². The fraction of sp³-hybridized carbons (Fsp3) is 0.625. The number of nitrogens with one attached hydrogen (secondary N) is 1. The molecule has 1 aromatic rings. The van der Waals surface area contributed by atoms with Crippen LogP contribution in [-0.4, -0.2) is 19.7 Å². The van der Waals surface area contributed by atoms with E-state index >= 15 is 0 Å². The van der Waals surface area contributed by atoms with Crippen molar-refractivity contribution in [3.63, 3.8) is 0 Å². The van der Waals surface area contributed by atoms with E-state index in [0.29, 0.717) is 11.5 Å². The first kappa shape index (κ1) is 14.7. The zero-order valence-electron chi connectivity index (χ0n) is 12.1. The lowest BCUT2D eigenvalue weighted by Crippen LogP contribution is -2.38. The molecular formula is C16H24ClNO. The van der Waals surface area contributed by atoms with Crippen molar-refractivity contribution in [3.05, 3.63) is 28.8 Å². The number of rotatable bonds is 7. The Kier molecular flexibility index (Phi) is 4.75. The number of benzene rings is 1. The topological polar surface area (TPSA) is 21.3 Å². The highest BCUT2D eigenvalue weighted by Gasteiger charge is 2.44. The van der Waals surface area contributed by atoms with Crippen molar-refractivity contribution in [3.8, 4) is 5.75 Å². The maximum atomic E-state index is 6.12. The van der Waals surface area contributed by atoms with Crippen LogP contribution in [0.3, 0.4) is 0 Å². The molecule has 0 aliphatic heterocycles. The number of halogens is 1. The molecule has 1 aliphatic carbocycles. The van der Waals surface area contributed by atoms with E-state index in [0.717, 1.165) is 23.7 Å². The van der Waals surface area contributed by atoms with Gasteiger partial charge in [-0.2, -0.15) is 0 Å². The predicted molar refractivity (Wildman–Crippen MR) is 81.1 cm³/mol. The van der Waals surface area contributed by atoms with Crippen LogP contribution in [0.25, 0.3) is 0 Å². The molecule has 1 unspecified atom stereocenters. The summed E-state index contributed by atoms with van der Waals surface area (Å²) in [4.78, 5) is 0. The maximum Gasteiger partial charge on any atom is 0.122 e. The van der Waals surface area contributed by atoms with Crippen molar-refractivity contribution in [1.82, 2.24) is 5.32 Å². The molecule has 0 radical (unpaired) electrons. The number of methoxy groups -OCH3 is 1. The van der Waals surface area contributed by atoms with Gasteiger partial charge in [0.15, 0.2) is 0 Å². The van der Waals surface area contributed by atoms with Crippen molar-refractivity contribution < 1.29 is 4.74 Å². The quantitative estimate of drug-likeness (QED) is 0.814. The fourth-order valence-electron chi connectivity index (χ4n) is 2.56. The minimum Gasteiger partial charge on any atom is -0.496 e.